The van der Waals surface area contributed by atoms with Crippen LogP contribution in [0.4, 0.5) is 13.2 Å². The van der Waals surface area contributed by atoms with E-state index in [-0.39, 0.29) is 0 Å². The maximum atomic E-state index is 10.7. The predicted molar refractivity (Wildman–Crippen MR) is 85.8 cm³/mol. The molecular formula is C15H30F3NO3S. The smallest absolute Gasteiger partial charge is 0.303 e. The number of halogens is 3. The third-order valence-corrected chi connectivity index (χ3v) is 4.45. The summed E-state index contributed by atoms with van der Waals surface area (Å²) in [4.78, 5) is 2.67. The lowest BCUT2D eigenvalue weighted by Crippen LogP contribution is -2.34. The fraction of sp³-hybridized carbons (Fsp3) is 1.00. The Labute approximate surface area is 138 Å². The molecule has 0 aromatic rings. The van der Waals surface area contributed by atoms with Gasteiger partial charge in [-0.1, -0.05) is 46.0 Å². The summed E-state index contributed by atoms with van der Waals surface area (Å²) in [5.74, 6) is 0.943. The molecule has 1 N–H and O–H groups in total. The molecule has 1 fully saturated rings. The van der Waals surface area contributed by atoms with E-state index in [4.69, 9.17) is 13.0 Å². The lowest BCUT2D eigenvalue weighted by Gasteiger charge is -2.30. The number of nitrogens with zero attached hydrogens (tertiary/aromatic N) is 1. The average molecular weight is 361 g/mol. The Bertz CT molecular complexity index is 399. The number of likely N-dealkylation sites (tertiary alicyclic amines) is 1. The topological polar surface area (TPSA) is 57.6 Å². The van der Waals surface area contributed by atoms with Crippen molar-refractivity contribution in [3.63, 3.8) is 0 Å². The normalized spacial score (nSPS) is 20.0. The number of alkyl halides is 3. The maximum absolute atomic E-state index is 10.7. The molecule has 1 aliphatic rings. The molecule has 1 unspecified atom stereocenters. The molecule has 23 heavy (non-hydrogen) atoms. The minimum Gasteiger partial charge on any atom is -0.303 e. The Balaban J connectivity index is 0.000000515. The van der Waals surface area contributed by atoms with Gasteiger partial charge in [-0.25, -0.2) is 0 Å². The molecule has 0 radical (unpaired) electrons. The monoisotopic (exact) mass is 361 g/mol. The first-order valence-electron chi connectivity index (χ1n) is 8.34. The molecule has 140 valence electrons. The second-order valence-corrected chi connectivity index (χ2v) is 7.65. The third-order valence-electron chi connectivity index (χ3n) is 3.86. The highest BCUT2D eigenvalue weighted by molar-refractivity contribution is 7.86. The summed E-state index contributed by atoms with van der Waals surface area (Å²) in [6.45, 7) is 8.76. The fourth-order valence-electron chi connectivity index (χ4n) is 2.61. The summed E-state index contributed by atoms with van der Waals surface area (Å²) >= 11 is 0. The summed E-state index contributed by atoms with van der Waals surface area (Å²) < 4.78 is 57.5. The first-order valence-corrected chi connectivity index (χ1v) is 9.78. The van der Waals surface area contributed by atoms with Crippen LogP contribution in [0, 0.1) is 5.92 Å². The lowest BCUT2D eigenvalue weighted by atomic mass is 10.00. The molecule has 1 heterocycles. The van der Waals surface area contributed by atoms with Crippen LogP contribution in [-0.4, -0.2) is 43.0 Å². The van der Waals surface area contributed by atoms with Crippen molar-refractivity contribution in [2.75, 3.05) is 19.6 Å². The highest BCUT2D eigenvalue weighted by Gasteiger charge is 2.44. The van der Waals surface area contributed by atoms with E-state index in [1.165, 1.54) is 71.0 Å². The van der Waals surface area contributed by atoms with Gasteiger partial charge in [0, 0.05) is 6.54 Å². The summed E-state index contributed by atoms with van der Waals surface area (Å²) in [6, 6.07) is 0. The zero-order valence-electron chi connectivity index (χ0n) is 14.1. The molecule has 0 bridgehead atoms. The van der Waals surface area contributed by atoms with Crippen molar-refractivity contribution in [3.8, 4) is 0 Å². The van der Waals surface area contributed by atoms with E-state index >= 15 is 0 Å². The maximum Gasteiger partial charge on any atom is 0.522 e. The molecule has 8 heteroatoms. The van der Waals surface area contributed by atoms with Crippen LogP contribution >= 0.6 is 0 Å². The Morgan fingerprint density at radius 2 is 1.65 bits per heavy atom. The van der Waals surface area contributed by atoms with Gasteiger partial charge in [0.2, 0.25) is 0 Å². The van der Waals surface area contributed by atoms with E-state index in [1.54, 1.807) is 0 Å². The minimum absolute atomic E-state index is 0.943. The summed E-state index contributed by atoms with van der Waals surface area (Å²) in [7, 11) is -5.84. The number of piperidine rings is 1. The third kappa shape index (κ3) is 11.8. The van der Waals surface area contributed by atoms with Crippen LogP contribution in [0.5, 0.6) is 0 Å². The van der Waals surface area contributed by atoms with Gasteiger partial charge >= 0.3 is 15.6 Å². The number of hydrogen-bond acceptors (Lipinski definition) is 3. The number of hydrogen-bond donors (Lipinski definition) is 1. The van der Waals surface area contributed by atoms with E-state index in [1.807, 2.05) is 0 Å². The molecule has 1 aliphatic heterocycles. The second kappa shape index (κ2) is 11.3. The molecule has 0 amide bonds. The molecule has 1 atom stereocenters. The summed E-state index contributed by atoms with van der Waals surface area (Å²) in [5.41, 5.74) is -5.53. The molecule has 1 rings (SSSR count). The molecule has 0 saturated carbocycles. The van der Waals surface area contributed by atoms with Crippen molar-refractivity contribution in [1.29, 1.82) is 0 Å². The Hall–Kier alpha value is -0.340. The summed E-state index contributed by atoms with van der Waals surface area (Å²) in [5, 5.41) is 0. The SMILES string of the molecule is CCCCCCCCN1CCCC(C)C1.O=S(=O)(O)C(F)(F)F. The first kappa shape index (κ1) is 22.7. The average Bonchev–Trinajstić information content (AvgIpc) is 2.41. The fourth-order valence-corrected chi connectivity index (χ4v) is 2.61. The molecule has 4 nitrogen and oxygen atoms in total. The molecular weight excluding hydrogens is 331 g/mol. The highest BCUT2D eigenvalue weighted by Crippen LogP contribution is 2.20. The summed E-state index contributed by atoms with van der Waals surface area (Å²) in [6.07, 6.45) is 11.5. The molecule has 0 spiro atoms. The van der Waals surface area contributed by atoms with E-state index < -0.39 is 15.6 Å². The van der Waals surface area contributed by atoms with Gasteiger partial charge in [-0.2, -0.15) is 21.6 Å². The standard InChI is InChI=1S/C14H29N.CHF3O3S/c1-3-4-5-6-7-8-11-15-12-9-10-14(2)13-15;2-1(3,4)8(5,6)7/h14H,3-13H2,1-2H3;(H,5,6,7). The van der Waals surface area contributed by atoms with E-state index in [2.05, 4.69) is 18.7 Å². The number of unbranched alkanes of at least 4 members (excludes halogenated alkanes) is 5. The van der Waals surface area contributed by atoms with Gasteiger partial charge in [0.05, 0.1) is 0 Å². The molecule has 0 aromatic carbocycles. The van der Waals surface area contributed by atoms with Crippen LogP contribution in [0.1, 0.15) is 65.2 Å². The lowest BCUT2D eigenvalue weighted by molar-refractivity contribution is -0.0510. The van der Waals surface area contributed by atoms with Crippen molar-refractivity contribution in [2.45, 2.75) is 70.7 Å². The molecule has 1 saturated heterocycles. The first-order chi connectivity index (χ1) is 10.6. The van der Waals surface area contributed by atoms with Crippen LogP contribution in [0.3, 0.4) is 0 Å². The van der Waals surface area contributed by atoms with Gasteiger partial charge in [-0.3, -0.25) is 4.55 Å². The largest absolute Gasteiger partial charge is 0.522 e. The zero-order valence-corrected chi connectivity index (χ0v) is 14.9. The van der Waals surface area contributed by atoms with Crippen molar-refractivity contribution in [3.05, 3.63) is 0 Å². The quantitative estimate of drug-likeness (QED) is 0.413. The highest BCUT2D eigenvalue weighted by atomic mass is 32.2. The van der Waals surface area contributed by atoms with Crippen molar-refractivity contribution in [2.24, 2.45) is 5.92 Å². The van der Waals surface area contributed by atoms with E-state index in [0.717, 1.165) is 5.92 Å². The van der Waals surface area contributed by atoms with Crippen molar-refractivity contribution < 1.29 is 26.1 Å². The van der Waals surface area contributed by atoms with E-state index in [0.29, 0.717) is 0 Å². The van der Waals surface area contributed by atoms with Gasteiger partial charge in [0.25, 0.3) is 0 Å². The minimum atomic E-state index is -5.84. The van der Waals surface area contributed by atoms with Gasteiger partial charge in [-0.15, -0.1) is 0 Å². The van der Waals surface area contributed by atoms with Crippen LogP contribution in [0.2, 0.25) is 0 Å². The van der Waals surface area contributed by atoms with Crippen LogP contribution in [0.25, 0.3) is 0 Å². The van der Waals surface area contributed by atoms with Gasteiger partial charge < -0.3 is 4.90 Å². The van der Waals surface area contributed by atoms with Crippen LogP contribution in [-0.2, 0) is 10.1 Å². The Morgan fingerprint density at radius 3 is 2.13 bits per heavy atom. The van der Waals surface area contributed by atoms with Crippen LogP contribution < -0.4 is 0 Å². The Kier molecular flexibility index (Phi) is 11.1. The van der Waals surface area contributed by atoms with Crippen LogP contribution in [0.15, 0.2) is 0 Å². The molecule has 0 aliphatic carbocycles. The zero-order chi connectivity index (χ0) is 17.9. The molecule has 0 aromatic heterocycles. The second-order valence-electron chi connectivity index (χ2n) is 6.24. The predicted octanol–water partition coefficient (Wildman–Crippen LogP) is 4.47. The number of rotatable bonds is 7. The van der Waals surface area contributed by atoms with Crippen molar-refractivity contribution in [1.82, 2.24) is 4.90 Å². The van der Waals surface area contributed by atoms with Gasteiger partial charge in [-0.05, 0) is 38.3 Å². The van der Waals surface area contributed by atoms with E-state index in [9.17, 15) is 13.2 Å². The van der Waals surface area contributed by atoms with Gasteiger partial charge in [0.1, 0.15) is 0 Å². The van der Waals surface area contributed by atoms with Crippen molar-refractivity contribution >= 4 is 10.1 Å². The Morgan fingerprint density at radius 1 is 1.13 bits per heavy atom. The van der Waals surface area contributed by atoms with Gasteiger partial charge in [0.15, 0.2) is 0 Å².